The highest BCUT2D eigenvalue weighted by Crippen LogP contribution is 2.21. The summed E-state index contributed by atoms with van der Waals surface area (Å²) in [7, 11) is 0. The third kappa shape index (κ3) is 3.63. The number of hydrogen-bond acceptors (Lipinski definition) is 4. The van der Waals surface area contributed by atoms with Crippen molar-refractivity contribution in [3.05, 3.63) is 39.4 Å². The number of likely N-dealkylation sites (tertiary alicyclic amines) is 1. The Morgan fingerprint density at radius 3 is 2.50 bits per heavy atom. The van der Waals surface area contributed by atoms with E-state index in [1.54, 1.807) is 12.1 Å². The first-order valence-corrected chi connectivity index (χ1v) is 6.99. The standard InChI is InChI=1S/C15H19N2O3/c1-2-12-7-14(9-15(8-12)17(19)20)10-16-5-3-13(11-18)4-6-16/h7-9,13H,2-6,10H2,1H3. The number of rotatable bonds is 5. The first kappa shape index (κ1) is 14.7. The van der Waals surface area contributed by atoms with Crippen LogP contribution in [0, 0.1) is 16.0 Å². The summed E-state index contributed by atoms with van der Waals surface area (Å²) in [6.07, 6.45) is 4.52. The molecule has 0 spiro atoms. The van der Waals surface area contributed by atoms with Crippen LogP contribution in [0.15, 0.2) is 18.2 Å². The number of nitrogens with zero attached hydrogens (tertiary/aromatic N) is 2. The van der Waals surface area contributed by atoms with E-state index in [9.17, 15) is 14.9 Å². The molecule has 1 fully saturated rings. The Kier molecular flexibility index (Phi) is 4.84. The Bertz CT molecular complexity index is 494. The maximum atomic E-state index is 10.9. The molecule has 0 N–H and O–H groups in total. The Hall–Kier alpha value is -1.75. The summed E-state index contributed by atoms with van der Waals surface area (Å²) in [4.78, 5) is 23.5. The van der Waals surface area contributed by atoms with Gasteiger partial charge in [-0.1, -0.05) is 13.0 Å². The van der Waals surface area contributed by atoms with Gasteiger partial charge >= 0.3 is 0 Å². The van der Waals surface area contributed by atoms with E-state index in [-0.39, 0.29) is 16.5 Å². The molecule has 1 saturated heterocycles. The van der Waals surface area contributed by atoms with E-state index >= 15 is 0 Å². The Labute approximate surface area is 118 Å². The van der Waals surface area contributed by atoms with Crippen molar-refractivity contribution in [3.8, 4) is 0 Å². The van der Waals surface area contributed by atoms with Crippen LogP contribution in [0.5, 0.6) is 0 Å². The summed E-state index contributed by atoms with van der Waals surface area (Å²) in [5.74, 6) is 0.0579. The minimum absolute atomic E-state index is 0.0579. The van der Waals surface area contributed by atoms with Gasteiger partial charge in [0.15, 0.2) is 0 Å². The van der Waals surface area contributed by atoms with E-state index in [4.69, 9.17) is 0 Å². The van der Waals surface area contributed by atoms with Crippen LogP contribution in [0.2, 0.25) is 0 Å². The molecule has 0 amide bonds. The van der Waals surface area contributed by atoms with Gasteiger partial charge in [-0.15, -0.1) is 0 Å². The maximum absolute atomic E-state index is 10.9. The number of piperidine rings is 1. The van der Waals surface area contributed by atoms with Gasteiger partial charge in [0.1, 0.15) is 0 Å². The van der Waals surface area contributed by atoms with Crippen LogP contribution in [0.25, 0.3) is 0 Å². The first-order valence-electron chi connectivity index (χ1n) is 6.99. The van der Waals surface area contributed by atoms with Crippen LogP contribution in [0.4, 0.5) is 5.69 Å². The number of nitro benzene ring substituents is 1. The van der Waals surface area contributed by atoms with Crippen molar-refractivity contribution in [1.82, 2.24) is 4.90 Å². The molecule has 1 radical (unpaired) electrons. The zero-order valence-corrected chi connectivity index (χ0v) is 11.7. The molecule has 0 aromatic heterocycles. The third-order valence-electron chi connectivity index (χ3n) is 3.82. The lowest BCUT2D eigenvalue weighted by Gasteiger charge is -2.29. The van der Waals surface area contributed by atoms with E-state index in [1.807, 2.05) is 13.0 Å². The van der Waals surface area contributed by atoms with Crippen LogP contribution in [-0.2, 0) is 17.8 Å². The summed E-state index contributed by atoms with van der Waals surface area (Å²) in [5.41, 5.74) is 2.13. The molecule has 1 aliphatic heterocycles. The first-order chi connectivity index (χ1) is 9.62. The van der Waals surface area contributed by atoms with Gasteiger partial charge in [-0.25, -0.2) is 0 Å². The van der Waals surface area contributed by atoms with Crippen molar-refractivity contribution in [3.63, 3.8) is 0 Å². The topological polar surface area (TPSA) is 63.5 Å². The molecule has 1 aliphatic rings. The summed E-state index contributed by atoms with van der Waals surface area (Å²) in [6, 6.07) is 5.32. The molecule has 0 bridgehead atoms. The van der Waals surface area contributed by atoms with Crippen molar-refractivity contribution in [2.45, 2.75) is 32.7 Å². The molecule has 0 atom stereocenters. The molecular weight excluding hydrogens is 256 g/mol. The molecular formula is C15H19N2O3. The highest BCUT2D eigenvalue weighted by atomic mass is 16.6. The minimum atomic E-state index is -0.337. The van der Waals surface area contributed by atoms with Crippen molar-refractivity contribution in [1.29, 1.82) is 0 Å². The Morgan fingerprint density at radius 2 is 1.95 bits per heavy atom. The number of non-ortho nitro benzene ring substituents is 1. The minimum Gasteiger partial charge on any atom is -0.299 e. The average molecular weight is 275 g/mol. The number of benzene rings is 1. The number of hydrogen-bond donors (Lipinski definition) is 0. The highest BCUT2D eigenvalue weighted by Gasteiger charge is 2.20. The number of carbonyl (C=O) groups excluding carboxylic acids is 1. The molecule has 2 rings (SSSR count). The van der Waals surface area contributed by atoms with Gasteiger partial charge in [0, 0.05) is 24.6 Å². The molecule has 1 aromatic carbocycles. The fourth-order valence-electron chi connectivity index (χ4n) is 2.61. The maximum Gasteiger partial charge on any atom is 0.270 e. The lowest BCUT2D eigenvalue weighted by molar-refractivity contribution is -0.385. The van der Waals surface area contributed by atoms with Crippen LogP contribution < -0.4 is 0 Å². The predicted molar refractivity (Wildman–Crippen MR) is 76.2 cm³/mol. The summed E-state index contributed by atoms with van der Waals surface area (Å²) < 4.78 is 0. The molecule has 0 aliphatic carbocycles. The summed E-state index contributed by atoms with van der Waals surface area (Å²) in [6.45, 7) is 4.41. The predicted octanol–water partition coefficient (Wildman–Crippen LogP) is 2.48. The molecule has 1 aromatic rings. The van der Waals surface area contributed by atoms with Gasteiger partial charge in [0.05, 0.1) is 4.92 Å². The third-order valence-corrected chi connectivity index (χ3v) is 3.82. The van der Waals surface area contributed by atoms with E-state index in [0.717, 1.165) is 43.5 Å². The molecule has 1 heterocycles. The SMILES string of the molecule is CCc1cc(CN2CCC([C]=O)CC2)cc([N+](=O)[O-])c1. The van der Waals surface area contributed by atoms with E-state index in [1.165, 1.54) is 0 Å². The van der Waals surface area contributed by atoms with Crippen LogP contribution in [-0.4, -0.2) is 29.2 Å². The zero-order chi connectivity index (χ0) is 14.5. The fraction of sp³-hybridized carbons (Fsp3) is 0.533. The molecule has 5 nitrogen and oxygen atoms in total. The van der Waals surface area contributed by atoms with Crippen LogP contribution >= 0.6 is 0 Å². The number of aryl methyl sites for hydroxylation is 1. The molecule has 20 heavy (non-hydrogen) atoms. The van der Waals surface area contributed by atoms with E-state index < -0.39 is 0 Å². The van der Waals surface area contributed by atoms with Crippen molar-refractivity contribution in [2.24, 2.45) is 5.92 Å². The highest BCUT2D eigenvalue weighted by molar-refractivity contribution is 5.54. The van der Waals surface area contributed by atoms with Crippen molar-refractivity contribution in [2.75, 3.05) is 13.1 Å². The van der Waals surface area contributed by atoms with Crippen molar-refractivity contribution >= 4 is 12.0 Å². The monoisotopic (exact) mass is 275 g/mol. The van der Waals surface area contributed by atoms with Gasteiger partial charge in [0.25, 0.3) is 5.69 Å². The fourth-order valence-corrected chi connectivity index (χ4v) is 2.61. The number of nitro groups is 1. The lowest BCUT2D eigenvalue weighted by atomic mass is 9.98. The quantitative estimate of drug-likeness (QED) is 0.611. The van der Waals surface area contributed by atoms with E-state index in [0.29, 0.717) is 6.54 Å². The van der Waals surface area contributed by atoms with Gasteiger partial charge < -0.3 is 0 Å². The second-order valence-corrected chi connectivity index (χ2v) is 5.29. The average Bonchev–Trinajstić information content (AvgIpc) is 2.47. The zero-order valence-electron chi connectivity index (χ0n) is 11.7. The van der Waals surface area contributed by atoms with Gasteiger partial charge in [-0.05, 0) is 43.5 Å². The van der Waals surface area contributed by atoms with Crippen LogP contribution in [0.3, 0.4) is 0 Å². The second kappa shape index (κ2) is 6.61. The normalized spacial score (nSPS) is 17.1. The van der Waals surface area contributed by atoms with E-state index in [2.05, 4.69) is 11.2 Å². The second-order valence-electron chi connectivity index (χ2n) is 5.29. The molecule has 0 saturated carbocycles. The van der Waals surface area contributed by atoms with Gasteiger partial charge in [0.2, 0.25) is 6.29 Å². The van der Waals surface area contributed by atoms with Crippen molar-refractivity contribution < 1.29 is 9.72 Å². The smallest absolute Gasteiger partial charge is 0.270 e. The molecule has 107 valence electrons. The summed E-state index contributed by atoms with van der Waals surface area (Å²) >= 11 is 0. The largest absolute Gasteiger partial charge is 0.299 e. The summed E-state index contributed by atoms with van der Waals surface area (Å²) in [5, 5.41) is 10.9. The van der Waals surface area contributed by atoms with Gasteiger partial charge in [-0.3, -0.25) is 19.8 Å². The van der Waals surface area contributed by atoms with Gasteiger partial charge in [-0.2, -0.15) is 0 Å². The Morgan fingerprint density at radius 1 is 1.30 bits per heavy atom. The lowest BCUT2D eigenvalue weighted by Crippen LogP contribution is -2.33. The Balaban J connectivity index is 2.07. The van der Waals surface area contributed by atoms with Crippen LogP contribution in [0.1, 0.15) is 30.9 Å². The molecule has 0 unspecified atom stereocenters. The molecule has 5 heteroatoms.